The van der Waals surface area contributed by atoms with E-state index in [0.717, 1.165) is 5.56 Å². The molecule has 0 fully saturated rings. The zero-order valence-corrected chi connectivity index (χ0v) is 16.1. The Morgan fingerprint density at radius 2 is 1.92 bits per heavy atom. The lowest BCUT2D eigenvalue weighted by atomic mass is 9.87. The number of rotatable bonds is 5. The lowest BCUT2D eigenvalue weighted by molar-refractivity contribution is -0.119. The number of carbonyl (C=O) groups excluding carboxylic acids is 2. The molecule has 0 bridgehead atoms. The maximum Gasteiger partial charge on any atom is 0.374 e. The second kappa shape index (κ2) is 7.74. The number of hydrogen-bond donors (Lipinski definition) is 1. The molecule has 0 radical (unpaired) electrons. The lowest BCUT2D eigenvalue weighted by Gasteiger charge is -2.21. The number of nitrogens with one attached hydrogen (secondary N) is 1. The average molecular weight is 410 g/mol. The molecule has 0 aliphatic heterocycles. The van der Waals surface area contributed by atoms with E-state index >= 15 is 0 Å². The number of anilines is 1. The molecule has 134 valence electrons. The fourth-order valence-electron chi connectivity index (χ4n) is 2.08. The number of amides is 1. The minimum atomic E-state index is -0.712. The predicted molar refractivity (Wildman–Crippen MR) is 97.0 cm³/mol. The Morgan fingerprint density at radius 1 is 1.20 bits per heavy atom. The molecule has 1 N–H and O–H groups in total. The SMILES string of the molecule is COc1ccc(C(C)(C)C)cc1NC(=O)COC(=O)c1ccc(Br)o1. The van der Waals surface area contributed by atoms with E-state index in [-0.39, 0.29) is 11.2 Å². The van der Waals surface area contributed by atoms with Gasteiger partial charge in [-0.1, -0.05) is 26.8 Å². The van der Waals surface area contributed by atoms with Crippen molar-refractivity contribution in [3.05, 3.63) is 46.3 Å². The standard InChI is InChI=1S/C18H20BrNO5/c1-18(2,3)11-5-6-13(23-4)12(9-11)20-16(21)10-24-17(22)14-7-8-15(19)25-14/h5-9H,10H2,1-4H3,(H,20,21). The van der Waals surface area contributed by atoms with Crippen molar-refractivity contribution >= 4 is 33.5 Å². The van der Waals surface area contributed by atoms with Crippen LogP contribution >= 0.6 is 15.9 Å². The first-order valence-electron chi connectivity index (χ1n) is 7.61. The van der Waals surface area contributed by atoms with Crippen LogP contribution in [0.25, 0.3) is 0 Å². The van der Waals surface area contributed by atoms with Crippen LogP contribution in [-0.4, -0.2) is 25.6 Å². The van der Waals surface area contributed by atoms with Crippen LogP contribution in [0.3, 0.4) is 0 Å². The molecule has 0 saturated carbocycles. The monoisotopic (exact) mass is 409 g/mol. The van der Waals surface area contributed by atoms with Gasteiger partial charge in [-0.2, -0.15) is 0 Å². The maximum absolute atomic E-state index is 12.1. The molecule has 1 aromatic heterocycles. The molecule has 1 heterocycles. The summed E-state index contributed by atoms with van der Waals surface area (Å²) in [6.07, 6.45) is 0. The van der Waals surface area contributed by atoms with Gasteiger partial charge in [0.1, 0.15) is 5.75 Å². The van der Waals surface area contributed by atoms with Crippen LogP contribution in [0, 0.1) is 0 Å². The molecule has 6 nitrogen and oxygen atoms in total. The summed E-state index contributed by atoms with van der Waals surface area (Å²) in [5.74, 6) is -0.630. The molecule has 2 aromatic rings. The van der Waals surface area contributed by atoms with Crippen molar-refractivity contribution in [1.82, 2.24) is 0 Å². The van der Waals surface area contributed by atoms with E-state index in [0.29, 0.717) is 16.1 Å². The third-order valence-electron chi connectivity index (χ3n) is 3.45. The van der Waals surface area contributed by atoms with Gasteiger partial charge in [-0.25, -0.2) is 4.79 Å². The van der Waals surface area contributed by atoms with Gasteiger partial charge in [0.15, 0.2) is 11.3 Å². The Labute approximate surface area is 154 Å². The largest absolute Gasteiger partial charge is 0.495 e. The van der Waals surface area contributed by atoms with Gasteiger partial charge < -0.3 is 19.2 Å². The van der Waals surface area contributed by atoms with Crippen LogP contribution in [0.4, 0.5) is 5.69 Å². The predicted octanol–water partition coefficient (Wildman–Crippen LogP) is 4.14. The molecule has 2 rings (SSSR count). The van der Waals surface area contributed by atoms with Crippen molar-refractivity contribution in [1.29, 1.82) is 0 Å². The van der Waals surface area contributed by atoms with Gasteiger partial charge in [-0.05, 0) is 51.2 Å². The molecular formula is C18H20BrNO5. The molecule has 1 aromatic carbocycles. The third-order valence-corrected chi connectivity index (χ3v) is 3.87. The first-order valence-corrected chi connectivity index (χ1v) is 8.41. The molecule has 0 aliphatic rings. The highest BCUT2D eigenvalue weighted by molar-refractivity contribution is 9.10. The Kier molecular flexibility index (Phi) is 5.89. The summed E-state index contributed by atoms with van der Waals surface area (Å²) >= 11 is 3.10. The summed E-state index contributed by atoms with van der Waals surface area (Å²) in [7, 11) is 1.52. The number of ether oxygens (including phenoxy) is 2. The number of esters is 1. The van der Waals surface area contributed by atoms with E-state index in [1.165, 1.54) is 13.2 Å². The van der Waals surface area contributed by atoms with Gasteiger partial charge in [0, 0.05) is 0 Å². The van der Waals surface area contributed by atoms with Gasteiger partial charge in [0.05, 0.1) is 12.8 Å². The van der Waals surface area contributed by atoms with E-state index in [2.05, 4.69) is 42.0 Å². The quantitative estimate of drug-likeness (QED) is 0.750. The van der Waals surface area contributed by atoms with E-state index in [1.54, 1.807) is 12.1 Å². The number of furan rings is 1. The highest BCUT2D eigenvalue weighted by Gasteiger charge is 2.18. The first-order chi connectivity index (χ1) is 11.7. The fourth-order valence-corrected chi connectivity index (χ4v) is 2.39. The minimum Gasteiger partial charge on any atom is -0.495 e. The second-order valence-corrected chi connectivity index (χ2v) is 7.17. The highest BCUT2D eigenvalue weighted by atomic mass is 79.9. The van der Waals surface area contributed by atoms with Gasteiger partial charge in [-0.3, -0.25) is 4.79 Å². The van der Waals surface area contributed by atoms with Crippen LogP contribution in [0.2, 0.25) is 0 Å². The second-order valence-electron chi connectivity index (χ2n) is 6.39. The summed E-state index contributed by atoms with van der Waals surface area (Å²) in [6.45, 7) is 5.79. The number of hydrogen-bond acceptors (Lipinski definition) is 5. The Bertz CT molecular complexity index is 776. The van der Waals surface area contributed by atoms with Gasteiger partial charge in [0.2, 0.25) is 5.76 Å². The molecule has 0 aliphatic carbocycles. The van der Waals surface area contributed by atoms with Crippen molar-refractivity contribution in [3.63, 3.8) is 0 Å². The molecular weight excluding hydrogens is 390 g/mol. The van der Waals surface area contributed by atoms with Crippen LogP contribution in [0.5, 0.6) is 5.75 Å². The Balaban J connectivity index is 2.03. The molecule has 1 amide bonds. The smallest absolute Gasteiger partial charge is 0.374 e. The van der Waals surface area contributed by atoms with Crippen molar-refractivity contribution in [3.8, 4) is 5.75 Å². The molecule has 0 unspecified atom stereocenters. The molecule has 25 heavy (non-hydrogen) atoms. The Morgan fingerprint density at radius 3 is 2.48 bits per heavy atom. The summed E-state index contributed by atoms with van der Waals surface area (Å²) in [5.41, 5.74) is 1.49. The summed E-state index contributed by atoms with van der Waals surface area (Å²) in [6, 6.07) is 8.62. The molecule has 0 atom stereocenters. The van der Waals surface area contributed by atoms with E-state index in [9.17, 15) is 9.59 Å². The summed E-state index contributed by atoms with van der Waals surface area (Å²) in [4.78, 5) is 23.9. The van der Waals surface area contributed by atoms with E-state index in [1.807, 2.05) is 12.1 Å². The third kappa shape index (κ3) is 5.09. The van der Waals surface area contributed by atoms with E-state index in [4.69, 9.17) is 13.9 Å². The zero-order chi connectivity index (χ0) is 18.6. The van der Waals surface area contributed by atoms with Crippen LogP contribution < -0.4 is 10.1 Å². The average Bonchev–Trinajstić information content (AvgIpc) is 2.98. The van der Waals surface area contributed by atoms with Gasteiger partial charge in [-0.15, -0.1) is 0 Å². The highest BCUT2D eigenvalue weighted by Crippen LogP contribution is 2.31. The summed E-state index contributed by atoms with van der Waals surface area (Å²) in [5, 5.41) is 2.70. The maximum atomic E-state index is 12.1. The van der Waals surface area contributed by atoms with Crippen LogP contribution in [-0.2, 0) is 14.9 Å². The number of carbonyl (C=O) groups is 2. The number of methoxy groups -OCH3 is 1. The number of benzene rings is 1. The Hall–Kier alpha value is -2.28. The topological polar surface area (TPSA) is 77.8 Å². The first kappa shape index (κ1) is 19.1. The molecule has 7 heteroatoms. The van der Waals surface area contributed by atoms with Crippen LogP contribution in [0.15, 0.2) is 39.4 Å². The zero-order valence-electron chi connectivity index (χ0n) is 14.5. The van der Waals surface area contributed by atoms with Crippen LogP contribution in [0.1, 0.15) is 36.9 Å². The summed E-state index contributed by atoms with van der Waals surface area (Å²) < 4.78 is 15.7. The minimum absolute atomic E-state index is 0.0204. The fraction of sp³-hybridized carbons (Fsp3) is 0.333. The molecule has 0 spiro atoms. The van der Waals surface area contributed by atoms with Crippen molar-refractivity contribution < 1.29 is 23.5 Å². The molecule has 0 saturated heterocycles. The van der Waals surface area contributed by atoms with Crippen molar-refractivity contribution in [2.24, 2.45) is 0 Å². The van der Waals surface area contributed by atoms with Gasteiger partial charge in [0.25, 0.3) is 5.91 Å². The van der Waals surface area contributed by atoms with Crippen molar-refractivity contribution in [2.45, 2.75) is 26.2 Å². The lowest BCUT2D eigenvalue weighted by Crippen LogP contribution is -2.21. The number of halogens is 1. The van der Waals surface area contributed by atoms with Crippen molar-refractivity contribution in [2.75, 3.05) is 19.0 Å². The normalized spacial score (nSPS) is 11.1. The van der Waals surface area contributed by atoms with Gasteiger partial charge >= 0.3 is 5.97 Å². The van der Waals surface area contributed by atoms with E-state index < -0.39 is 18.5 Å².